The van der Waals surface area contributed by atoms with Crippen molar-refractivity contribution in [3.63, 3.8) is 0 Å². The fourth-order valence-electron chi connectivity index (χ4n) is 2.38. The summed E-state index contributed by atoms with van der Waals surface area (Å²) in [5, 5.41) is 7.73. The minimum atomic E-state index is -0.515. The van der Waals surface area contributed by atoms with Gasteiger partial charge in [0, 0.05) is 5.92 Å². The summed E-state index contributed by atoms with van der Waals surface area (Å²) in [5.41, 5.74) is 2.30. The first kappa shape index (κ1) is 15.2. The molecule has 1 aromatic carbocycles. The maximum Gasteiger partial charge on any atom is 0.442 e. The molecule has 2 heterocycles. The van der Waals surface area contributed by atoms with Gasteiger partial charge in [-0.25, -0.2) is 4.79 Å². The highest BCUT2D eigenvalue weighted by Gasteiger charge is 2.17. The molecule has 0 aliphatic heterocycles. The molecule has 120 valence electrons. The zero-order valence-electron chi connectivity index (χ0n) is 13.3. The van der Waals surface area contributed by atoms with Crippen LogP contribution in [0.1, 0.15) is 48.4 Å². The standard InChI is InChI=1S/C16H18N4O3/c1-10(2)15-19-23-16(21)20(15)9-13-17-14(22-18-13)8-12-7-5-4-6-11(12)3/h4-7,10H,8-9H2,1-3H3. The van der Waals surface area contributed by atoms with E-state index in [4.69, 9.17) is 9.05 Å². The molecule has 0 amide bonds. The van der Waals surface area contributed by atoms with Gasteiger partial charge in [-0.3, -0.25) is 9.09 Å². The average Bonchev–Trinajstić information content (AvgIpc) is 3.10. The SMILES string of the molecule is Cc1ccccc1Cc1nc(Cn2c(C(C)C)noc2=O)no1. The largest absolute Gasteiger partial charge is 0.442 e. The van der Waals surface area contributed by atoms with Gasteiger partial charge in [0.1, 0.15) is 0 Å². The monoisotopic (exact) mass is 314 g/mol. The van der Waals surface area contributed by atoms with Crippen LogP contribution in [0.2, 0.25) is 0 Å². The molecule has 0 unspecified atom stereocenters. The Labute approximate surface area is 132 Å². The van der Waals surface area contributed by atoms with E-state index in [1.165, 1.54) is 10.1 Å². The van der Waals surface area contributed by atoms with Gasteiger partial charge in [-0.15, -0.1) is 0 Å². The minimum Gasteiger partial charge on any atom is -0.339 e. The van der Waals surface area contributed by atoms with Crippen molar-refractivity contribution in [2.24, 2.45) is 0 Å². The Morgan fingerprint density at radius 1 is 1.17 bits per heavy atom. The third-order valence-corrected chi connectivity index (χ3v) is 3.64. The summed E-state index contributed by atoms with van der Waals surface area (Å²) in [6, 6.07) is 8.04. The summed E-state index contributed by atoms with van der Waals surface area (Å²) in [5.74, 6) is 1.07. The van der Waals surface area contributed by atoms with Crippen LogP contribution in [-0.2, 0) is 13.0 Å². The van der Waals surface area contributed by atoms with Gasteiger partial charge in [-0.1, -0.05) is 48.4 Å². The molecule has 0 saturated heterocycles. The first-order valence-electron chi connectivity index (χ1n) is 7.47. The maximum atomic E-state index is 11.7. The van der Waals surface area contributed by atoms with Crippen LogP contribution in [0.4, 0.5) is 0 Å². The van der Waals surface area contributed by atoms with Gasteiger partial charge >= 0.3 is 5.76 Å². The van der Waals surface area contributed by atoms with Crippen molar-refractivity contribution in [3.05, 3.63) is 63.5 Å². The molecule has 0 saturated carbocycles. The molecule has 0 fully saturated rings. The quantitative estimate of drug-likeness (QED) is 0.718. The lowest BCUT2D eigenvalue weighted by Crippen LogP contribution is -2.19. The molecule has 3 aromatic rings. The molecule has 7 nitrogen and oxygen atoms in total. The van der Waals surface area contributed by atoms with Crippen LogP contribution in [0.15, 0.2) is 38.1 Å². The van der Waals surface area contributed by atoms with Gasteiger partial charge in [0.2, 0.25) is 5.89 Å². The smallest absolute Gasteiger partial charge is 0.339 e. The van der Waals surface area contributed by atoms with Crippen LogP contribution >= 0.6 is 0 Å². The summed E-state index contributed by atoms with van der Waals surface area (Å²) in [7, 11) is 0. The average molecular weight is 314 g/mol. The lowest BCUT2D eigenvalue weighted by Gasteiger charge is -2.03. The van der Waals surface area contributed by atoms with E-state index >= 15 is 0 Å². The first-order valence-corrected chi connectivity index (χ1v) is 7.47. The van der Waals surface area contributed by atoms with E-state index in [2.05, 4.69) is 15.3 Å². The molecule has 3 rings (SSSR count). The van der Waals surface area contributed by atoms with Crippen molar-refractivity contribution in [2.75, 3.05) is 0 Å². The van der Waals surface area contributed by atoms with E-state index in [0.29, 0.717) is 24.0 Å². The number of rotatable bonds is 5. The Morgan fingerprint density at radius 3 is 2.70 bits per heavy atom. The maximum absolute atomic E-state index is 11.7. The lowest BCUT2D eigenvalue weighted by molar-refractivity contribution is 0.368. The third kappa shape index (κ3) is 3.23. The van der Waals surface area contributed by atoms with Gasteiger partial charge in [-0.05, 0) is 18.1 Å². The molecule has 7 heteroatoms. The predicted octanol–water partition coefficient (Wildman–Crippen LogP) is 2.29. The molecule has 0 bridgehead atoms. The van der Waals surface area contributed by atoms with E-state index in [-0.39, 0.29) is 12.5 Å². The van der Waals surface area contributed by atoms with Crippen LogP contribution in [0.25, 0.3) is 0 Å². The highest BCUT2D eigenvalue weighted by Crippen LogP contribution is 2.14. The fraction of sp³-hybridized carbons (Fsp3) is 0.375. The Kier molecular flexibility index (Phi) is 4.10. The van der Waals surface area contributed by atoms with Crippen molar-refractivity contribution >= 4 is 0 Å². The van der Waals surface area contributed by atoms with Crippen molar-refractivity contribution in [2.45, 2.75) is 39.7 Å². The molecule has 0 aliphatic carbocycles. The summed E-state index contributed by atoms with van der Waals surface area (Å²) >= 11 is 0. The van der Waals surface area contributed by atoms with E-state index in [1.807, 2.05) is 45.0 Å². The second-order valence-corrected chi connectivity index (χ2v) is 5.76. The second-order valence-electron chi connectivity index (χ2n) is 5.76. The molecule has 0 N–H and O–H groups in total. The van der Waals surface area contributed by atoms with Gasteiger partial charge in [0.05, 0.1) is 13.0 Å². The van der Waals surface area contributed by atoms with Crippen LogP contribution in [0, 0.1) is 6.92 Å². The van der Waals surface area contributed by atoms with Crippen LogP contribution < -0.4 is 5.76 Å². The van der Waals surface area contributed by atoms with Gasteiger partial charge < -0.3 is 4.52 Å². The van der Waals surface area contributed by atoms with Gasteiger partial charge in [0.25, 0.3) is 0 Å². The zero-order valence-corrected chi connectivity index (χ0v) is 13.3. The Balaban J connectivity index is 1.79. The molecule has 0 spiro atoms. The number of hydrogen-bond acceptors (Lipinski definition) is 6. The van der Waals surface area contributed by atoms with Crippen molar-refractivity contribution in [3.8, 4) is 0 Å². The zero-order chi connectivity index (χ0) is 16.4. The minimum absolute atomic E-state index is 0.0692. The van der Waals surface area contributed by atoms with Crippen LogP contribution in [0.3, 0.4) is 0 Å². The Hall–Kier alpha value is -2.70. The fourth-order valence-corrected chi connectivity index (χ4v) is 2.38. The summed E-state index contributed by atoms with van der Waals surface area (Å²) < 4.78 is 11.4. The number of benzene rings is 1. The number of hydrogen-bond donors (Lipinski definition) is 0. The number of aromatic nitrogens is 4. The van der Waals surface area contributed by atoms with E-state index in [1.54, 1.807) is 0 Å². The van der Waals surface area contributed by atoms with Crippen LogP contribution in [-0.4, -0.2) is 19.9 Å². The number of aryl methyl sites for hydroxylation is 1. The third-order valence-electron chi connectivity index (χ3n) is 3.64. The molecule has 23 heavy (non-hydrogen) atoms. The lowest BCUT2D eigenvalue weighted by atomic mass is 10.1. The molecule has 2 aromatic heterocycles. The summed E-state index contributed by atoms with van der Waals surface area (Å²) in [6.07, 6.45) is 0.565. The second kappa shape index (κ2) is 6.20. The van der Waals surface area contributed by atoms with E-state index in [9.17, 15) is 4.79 Å². The molecule has 0 aliphatic rings. The highest BCUT2D eigenvalue weighted by atomic mass is 16.5. The van der Waals surface area contributed by atoms with E-state index < -0.39 is 5.76 Å². The molecule has 0 radical (unpaired) electrons. The highest BCUT2D eigenvalue weighted by molar-refractivity contribution is 5.27. The molecular formula is C16H18N4O3. The summed E-state index contributed by atoms with van der Waals surface area (Å²) in [6.45, 7) is 6.10. The number of nitrogens with zero attached hydrogens (tertiary/aromatic N) is 4. The van der Waals surface area contributed by atoms with Gasteiger partial charge in [-0.2, -0.15) is 4.98 Å². The van der Waals surface area contributed by atoms with Gasteiger partial charge in [0.15, 0.2) is 11.6 Å². The van der Waals surface area contributed by atoms with Crippen molar-refractivity contribution in [1.29, 1.82) is 0 Å². The molecule has 0 atom stereocenters. The van der Waals surface area contributed by atoms with E-state index in [0.717, 1.165) is 5.56 Å². The van der Waals surface area contributed by atoms with Crippen LogP contribution in [0.5, 0.6) is 0 Å². The van der Waals surface area contributed by atoms with Crippen molar-refractivity contribution in [1.82, 2.24) is 19.9 Å². The topological polar surface area (TPSA) is 87.0 Å². The predicted molar refractivity (Wildman–Crippen MR) is 82.2 cm³/mol. The first-order chi connectivity index (χ1) is 11.0. The molecular weight excluding hydrogens is 296 g/mol. The van der Waals surface area contributed by atoms with Crippen molar-refractivity contribution < 1.29 is 9.05 Å². The Bertz CT molecular complexity index is 860. The summed E-state index contributed by atoms with van der Waals surface area (Å²) in [4.78, 5) is 16.1. The Morgan fingerprint density at radius 2 is 1.96 bits per heavy atom. The normalized spacial score (nSPS) is 11.3.